The van der Waals surface area contributed by atoms with Crippen LogP contribution in [-0.2, 0) is 0 Å². The van der Waals surface area contributed by atoms with Crippen LogP contribution in [0.5, 0.6) is 0 Å². The number of piperidine rings is 1. The second-order valence-corrected chi connectivity index (χ2v) is 8.13. The van der Waals surface area contributed by atoms with Gasteiger partial charge in [0.05, 0.1) is 12.5 Å². The van der Waals surface area contributed by atoms with Crippen LogP contribution >= 0.6 is 11.6 Å². The average molecular weight is 439 g/mol. The number of oxazole rings is 1. The lowest BCUT2D eigenvalue weighted by molar-refractivity contribution is 0.0592. The highest BCUT2D eigenvalue weighted by molar-refractivity contribution is 6.31. The van der Waals surface area contributed by atoms with Crippen molar-refractivity contribution in [3.63, 3.8) is 0 Å². The van der Waals surface area contributed by atoms with Crippen molar-refractivity contribution in [3.05, 3.63) is 52.6 Å². The highest BCUT2D eigenvalue weighted by Crippen LogP contribution is 2.33. The molecule has 0 saturated carbocycles. The molecule has 3 aromatic rings. The molecular weight excluding hydrogens is 416 g/mol. The van der Waals surface area contributed by atoms with Crippen molar-refractivity contribution in [2.45, 2.75) is 38.6 Å². The fraction of sp³-hybridized carbons (Fsp3) is 0.364. The summed E-state index contributed by atoms with van der Waals surface area (Å²) in [5, 5.41) is 15.7. The van der Waals surface area contributed by atoms with Crippen molar-refractivity contribution < 1.29 is 9.21 Å². The van der Waals surface area contributed by atoms with Gasteiger partial charge in [-0.15, -0.1) is 0 Å². The molecule has 160 valence electrons. The molecule has 1 amide bonds. The van der Waals surface area contributed by atoms with Gasteiger partial charge in [-0.2, -0.15) is 10.2 Å². The van der Waals surface area contributed by atoms with Crippen molar-refractivity contribution in [1.29, 1.82) is 5.41 Å². The van der Waals surface area contributed by atoms with E-state index in [2.05, 4.69) is 20.2 Å². The van der Waals surface area contributed by atoms with Gasteiger partial charge in [0, 0.05) is 29.5 Å². The SMILES string of the molecule is Cc1ccc(N=NCC=N)c(C(=O)N2CC(c3nc4cc(Cl)ccc4o3)CC[C@H]2C)n1. The first-order valence-electron chi connectivity index (χ1n) is 10.2. The molecule has 2 aromatic heterocycles. The van der Waals surface area contributed by atoms with Crippen LogP contribution < -0.4 is 0 Å². The summed E-state index contributed by atoms with van der Waals surface area (Å²) in [6, 6.07) is 8.94. The minimum absolute atomic E-state index is 0.0147. The molecule has 4 rings (SSSR count). The zero-order valence-electron chi connectivity index (χ0n) is 17.4. The number of hydrogen-bond acceptors (Lipinski definition) is 7. The third kappa shape index (κ3) is 4.49. The van der Waals surface area contributed by atoms with Gasteiger partial charge in [-0.25, -0.2) is 9.97 Å². The van der Waals surface area contributed by atoms with Crippen molar-refractivity contribution in [2.75, 3.05) is 13.1 Å². The van der Waals surface area contributed by atoms with Crippen LogP contribution in [0.15, 0.2) is 45.0 Å². The van der Waals surface area contributed by atoms with Gasteiger partial charge < -0.3 is 14.7 Å². The Balaban J connectivity index is 1.61. The van der Waals surface area contributed by atoms with Gasteiger partial charge in [0.15, 0.2) is 17.2 Å². The molecule has 1 aromatic carbocycles. The molecule has 2 atom stereocenters. The lowest BCUT2D eigenvalue weighted by atomic mass is 9.93. The number of amides is 1. The summed E-state index contributed by atoms with van der Waals surface area (Å²) in [5.41, 5.74) is 2.80. The van der Waals surface area contributed by atoms with Crippen LogP contribution in [0, 0.1) is 12.3 Å². The maximum atomic E-state index is 13.5. The van der Waals surface area contributed by atoms with Crippen LogP contribution in [0.3, 0.4) is 0 Å². The number of nitrogens with one attached hydrogen (secondary N) is 1. The van der Waals surface area contributed by atoms with E-state index in [1.165, 1.54) is 0 Å². The van der Waals surface area contributed by atoms with E-state index in [-0.39, 0.29) is 30.1 Å². The summed E-state index contributed by atoms with van der Waals surface area (Å²) in [6.07, 6.45) is 2.85. The highest BCUT2D eigenvalue weighted by Gasteiger charge is 2.34. The number of aromatic nitrogens is 2. The predicted octanol–water partition coefficient (Wildman–Crippen LogP) is 5.33. The lowest BCUT2D eigenvalue weighted by Crippen LogP contribution is -2.45. The Kier molecular flexibility index (Phi) is 6.08. The Morgan fingerprint density at radius 1 is 1.32 bits per heavy atom. The second-order valence-electron chi connectivity index (χ2n) is 7.69. The molecule has 1 saturated heterocycles. The zero-order chi connectivity index (χ0) is 22.0. The first kappa shape index (κ1) is 21.1. The molecule has 1 unspecified atom stereocenters. The first-order valence-corrected chi connectivity index (χ1v) is 10.5. The molecule has 0 spiro atoms. The van der Waals surface area contributed by atoms with Crippen molar-refractivity contribution in [3.8, 4) is 0 Å². The van der Waals surface area contributed by atoms with Gasteiger partial charge in [0.25, 0.3) is 5.91 Å². The summed E-state index contributed by atoms with van der Waals surface area (Å²) in [4.78, 5) is 24.3. The van der Waals surface area contributed by atoms with Crippen molar-refractivity contribution in [2.24, 2.45) is 10.2 Å². The Bertz CT molecular complexity index is 1160. The molecule has 0 bridgehead atoms. The summed E-state index contributed by atoms with van der Waals surface area (Å²) in [6.45, 7) is 4.51. The number of benzene rings is 1. The van der Waals surface area contributed by atoms with E-state index >= 15 is 0 Å². The van der Waals surface area contributed by atoms with E-state index in [1.807, 2.05) is 24.8 Å². The number of pyridine rings is 1. The number of fused-ring (bicyclic) bond motifs is 1. The van der Waals surface area contributed by atoms with Crippen LogP contribution in [0.25, 0.3) is 11.1 Å². The highest BCUT2D eigenvalue weighted by atomic mass is 35.5. The lowest BCUT2D eigenvalue weighted by Gasteiger charge is -2.36. The minimum Gasteiger partial charge on any atom is -0.440 e. The molecular formula is C22H23ClN6O2. The molecule has 1 aliphatic heterocycles. The standard InChI is InChI=1S/C22H23ClN6O2/c1-13-3-7-17(28-25-10-9-24)20(26-13)22(30)29-12-15(5-4-14(29)2)21-27-18-11-16(23)6-8-19(18)31-21/h3,6-9,11,14-15,24H,4-5,10,12H2,1-2H3/t14-,15?/m1/s1. The number of azo groups is 1. The smallest absolute Gasteiger partial charge is 0.275 e. The van der Waals surface area contributed by atoms with E-state index < -0.39 is 0 Å². The van der Waals surface area contributed by atoms with E-state index in [1.54, 1.807) is 24.3 Å². The molecule has 3 heterocycles. The summed E-state index contributed by atoms with van der Waals surface area (Å²) in [5.74, 6) is 0.410. The number of hydrogen-bond donors (Lipinski definition) is 1. The Morgan fingerprint density at radius 3 is 2.97 bits per heavy atom. The molecule has 1 aliphatic rings. The van der Waals surface area contributed by atoms with Crippen molar-refractivity contribution in [1.82, 2.24) is 14.9 Å². The number of carbonyl (C=O) groups is 1. The quantitative estimate of drug-likeness (QED) is 0.429. The Labute approximate surface area is 184 Å². The Hall–Kier alpha value is -3.13. The normalized spacial score (nSPS) is 19.3. The van der Waals surface area contributed by atoms with Crippen LogP contribution in [-0.4, -0.2) is 46.1 Å². The second kappa shape index (κ2) is 8.93. The van der Waals surface area contributed by atoms with E-state index in [4.69, 9.17) is 21.4 Å². The van der Waals surface area contributed by atoms with Crippen molar-refractivity contribution >= 4 is 40.5 Å². The van der Waals surface area contributed by atoms with Gasteiger partial charge in [-0.3, -0.25) is 4.79 Å². The number of rotatable bonds is 5. The molecule has 9 heteroatoms. The summed E-state index contributed by atoms with van der Waals surface area (Å²) in [7, 11) is 0. The third-order valence-electron chi connectivity index (χ3n) is 5.43. The van der Waals surface area contributed by atoms with Crippen LogP contribution in [0.4, 0.5) is 5.69 Å². The predicted molar refractivity (Wildman–Crippen MR) is 119 cm³/mol. The number of nitrogens with zero attached hydrogens (tertiary/aromatic N) is 5. The van der Waals surface area contributed by atoms with Crippen LogP contribution in [0.1, 0.15) is 47.8 Å². The summed E-state index contributed by atoms with van der Waals surface area (Å²) < 4.78 is 5.96. The van der Waals surface area contributed by atoms with E-state index in [9.17, 15) is 4.79 Å². The van der Waals surface area contributed by atoms with E-state index in [0.717, 1.165) is 24.8 Å². The molecule has 0 aliphatic carbocycles. The van der Waals surface area contributed by atoms with Crippen LogP contribution in [0.2, 0.25) is 5.02 Å². The van der Waals surface area contributed by atoms with Gasteiger partial charge in [-0.05, 0) is 57.0 Å². The number of halogens is 1. The number of carbonyl (C=O) groups excluding carboxylic acids is 1. The van der Waals surface area contributed by atoms with Gasteiger partial charge in [-0.1, -0.05) is 11.6 Å². The maximum absolute atomic E-state index is 13.5. The fourth-order valence-electron chi connectivity index (χ4n) is 3.77. The Morgan fingerprint density at radius 2 is 2.16 bits per heavy atom. The summed E-state index contributed by atoms with van der Waals surface area (Å²) >= 11 is 6.07. The molecule has 1 N–H and O–H groups in total. The monoisotopic (exact) mass is 438 g/mol. The molecule has 8 nitrogen and oxygen atoms in total. The number of aryl methyl sites for hydroxylation is 1. The zero-order valence-corrected chi connectivity index (χ0v) is 18.1. The third-order valence-corrected chi connectivity index (χ3v) is 5.66. The molecule has 1 fully saturated rings. The van der Waals surface area contributed by atoms with Gasteiger partial charge >= 0.3 is 0 Å². The molecule has 31 heavy (non-hydrogen) atoms. The molecule has 0 radical (unpaired) electrons. The van der Waals surface area contributed by atoms with Gasteiger partial charge in [0.1, 0.15) is 11.2 Å². The first-order chi connectivity index (χ1) is 15.0. The fourth-order valence-corrected chi connectivity index (χ4v) is 3.93. The number of likely N-dealkylation sites (tertiary alicyclic amines) is 1. The average Bonchev–Trinajstić information content (AvgIpc) is 3.18. The van der Waals surface area contributed by atoms with Gasteiger partial charge in [0.2, 0.25) is 0 Å². The van der Waals surface area contributed by atoms with E-state index in [0.29, 0.717) is 34.2 Å². The topological polar surface area (TPSA) is 108 Å². The minimum atomic E-state index is -0.191. The largest absolute Gasteiger partial charge is 0.440 e. The maximum Gasteiger partial charge on any atom is 0.275 e.